The summed E-state index contributed by atoms with van der Waals surface area (Å²) >= 11 is 2.76. The Morgan fingerprint density at radius 3 is 2.96 bits per heavy atom. The van der Waals surface area contributed by atoms with Crippen LogP contribution in [-0.4, -0.2) is 40.1 Å². The molecule has 9 heteroatoms. The number of aromatic nitrogens is 2. The monoisotopic (exact) mass is 408 g/mol. The first-order chi connectivity index (χ1) is 12.9. The van der Waals surface area contributed by atoms with Crippen LogP contribution < -0.4 is 16.2 Å². The Bertz CT molecular complexity index is 921. The highest BCUT2D eigenvalue weighted by molar-refractivity contribution is 7.99. The second-order valence-corrected chi connectivity index (χ2v) is 8.92. The molecule has 0 radical (unpaired) electrons. The number of likely N-dealkylation sites (N-methyl/N-ethyl adjacent to an activating group) is 1. The van der Waals surface area contributed by atoms with Gasteiger partial charge in [-0.1, -0.05) is 18.7 Å². The molecule has 1 aliphatic carbocycles. The number of thioether (sulfide) groups is 1. The smallest absolute Gasteiger partial charge is 0.260 e. The predicted molar refractivity (Wildman–Crippen MR) is 108 cm³/mol. The van der Waals surface area contributed by atoms with Gasteiger partial charge in [0.25, 0.3) is 5.56 Å². The van der Waals surface area contributed by atoms with E-state index in [0.29, 0.717) is 23.0 Å². The van der Waals surface area contributed by atoms with Crippen molar-refractivity contribution in [2.24, 2.45) is 5.92 Å². The van der Waals surface area contributed by atoms with Gasteiger partial charge < -0.3 is 15.6 Å². The molecule has 3 rings (SSSR count). The Balaban J connectivity index is 1.68. The van der Waals surface area contributed by atoms with Crippen LogP contribution in [0.5, 0.6) is 0 Å². The molecule has 0 fully saturated rings. The Hall–Kier alpha value is -1.87. The minimum atomic E-state index is -0.599. The van der Waals surface area contributed by atoms with Crippen molar-refractivity contribution in [3.05, 3.63) is 20.8 Å². The van der Waals surface area contributed by atoms with Crippen molar-refractivity contribution < 1.29 is 9.59 Å². The minimum Gasteiger partial charge on any atom is -0.355 e. The highest BCUT2D eigenvalue weighted by atomic mass is 32.2. The third-order valence-corrected chi connectivity index (χ3v) is 6.63. The molecule has 2 atom stereocenters. The molecule has 0 aliphatic heterocycles. The van der Waals surface area contributed by atoms with E-state index in [4.69, 9.17) is 0 Å². The van der Waals surface area contributed by atoms with Crippen molar-refractivity contribution in [3.63, 3.8) is 0 Å². The number of aromatic amines is 1. The van der Waals surface area contributed by atoms with Crippen molar-refractivity contribution >= 4 is 45.1 Å². The molecule has 146 valence electrons. The molecule has 2 aromatic rings. The number of nitrogens with one attached hydrogen (secondary N) is 3. The summed E-state index contributed by atoms with van der Waals surface area (Å²) in [6, 6.07) is -0.599. The molecular weight excluding hydrogens is 384 g/mol. The van der Waals surface area contributed by atoms with E-state index >= 15 is 0 Å². The SMILES string of the molecule is CCNC(=O)[C@H](C)NC(=O)CSc1nc2sc3c(c2c(=O)[nH]1)CC[C@@H](C)C3. The minimum absolute atomic E-state index is 0.0836. The summed E-state index contributed by atoms with van der Waals surface area (Å²) < 4.78 is 0. The number of fused-ring (bicyclic) bond motifs is 3. The van der Waals surface area contributed by atoms with Gasteiger partial charge in [0, 0.05) is 11.4 Å². The molecule has 1 aliphatic rings. The highest BCUT2D eigenvalue weighted by Gasteiger charge is 2.23. The highest BCUT2D eigenvalue weighted by Crippen LogP contribution is 2.36. The van der Waals surface area contributed by atoms with Crippen molar-refractivity contribution in [2.45, 2.75) is 51.2 Å². The average molecular weight is 409 g/mol. The molecule has 0 aromatic carbocycles. The zero-order valence-electron chi connectivity index (χ0n) is 15.7. The van der Waals surface area contributed by atoms with Crippen LogP contribution in [-0.2, 0) is 22.4 Å². The zero-order valence-corrected chi connectivity index (χ0v) is 17.3. The van der Waals surface area contributed by atoms with E-state index in [-0.39, 0.29) is 23.1 Å². The number of nitrogens with zero attached hydrogens (tertiary/aromatic N) is 1. The van der Waals surface area contributed by atoms with E-state index in [1.165, 1.54) is 16.6 Å². The van der Waals surface area contributed by atoms with Crippen molar-refractivity contribution in [1.29, 1.82) is 0 Å². The Labute approximate surface area is 165 Å². The Morgan fingerprint density at radius 2 is 2.22 bits per heavy atom. The van der Waals surface area contributed by atoms with Gasteiger partial charge in [0.05, 0.1) is 11.1 Å². The van der Waals surface area contributed by atoms with Crippen LogP contribution in [0.4, 0.5) is 0 Å². The maximum Gasteiger partial charge on any atom is 0.260 e. The second kappa shape index (κ2) is 8.43. The molecule has 0 saturated carbocycles. The van der Waals surface area contributed by atoms with Crippen LogP contribution in [0.3, 0.4) is 0 Å². The third kappa shape index (κ3) is 4.52. The number of hydrogen-bond donors (Lipinski definition) is 3. The van der Waals surface area contributed by atoms with Gasteiger partial charge in [0.2, 0.25) is 11.8 Å². The lowest BCUT2D eigenvalue weighted by molar-refractivity contribution is -0.127. The number of rotatable bonds is 6. The van der Waals surface area contributed by atoms with Crippen LogP contribution in [0.2, 0.25) is 0 Å². The predicted octanol–water partition coefficient (Wildman–Crippen LogP) is 1.84. The fourth-order valence-corrected chi connectivity index (χ4v) is 5.32. The van der Waals surface area contributed by atoms with Gasteiger partial charge in [-0.3, -0.25) is 14.4 Å². The summed E-state index contributed by atoms with van der Waals surface area (Å²) in [6.45, 7) is 6.20. The van der Waals surface area contributed by atoms with Crippen molar-refractivity contribution in [1.82, 2.24) is 20.6 Å². The number of H-pyrrole nitrogens is 1. The lowest BCUT2D eigenvalue weighted by Gasteiger charge is -2.17. The summed E-state index contributed by atoms with van der Waals surface area (Å²) in [5, 5.41) is 6.44. The molecule has 7 nitrogen and oxygen atoms in total. The zero-order chi connectivity index (χ0) is 19.6. The van der Waals surface area contributed by atoms with Gasteiger partial charge >= 0.3 is 0 Å². The van der Waals surface area contributed by atoms with E-state index in [1.807, 2.05) is 6.92 Å². The first kappa shape index (κ1) is 19.9. The van der Waals surface area contributed by atoms with E-state index in [9.17, 15) is 14.4 Å². The number of carbonyl (C=O) groups excluding carboxylic acids is 2. The summed E-state index contributed by atoms with van der Waals surface area (Å²) in [7, 11) is 0. The van der Waals surface area contributed by atoms with E-state index in [2.05, 4.69) is 27.5 Å². The molecule has 0 spiro atoms. The lowest BCUT2D eigenvalue weighted by atomic mass is 9.89. The molecule has 2 aromatic heterocycles. The maximum atomic E-state index is 12.5. The first-order valence-corrected chi connectivity index (χ1v) is 10.9. The number of carbonyl (C=O) groups is 2. The fraction of sp³-hybridized carbons (Fsp3) is 0.556. The first-order valence-electron chi connectivity index (χ1n) is 9.13. The van der Waals surface area contributed by atoms with Crippen molar-refractivity contribution in [2.75, 3.05) is 12.3 Å². The normalized spacial score (nSPS) is 17.4. The summed E-state index contributed by atoms with van der Waals surface area (Å²) in [5.74, 6) is 0.220. The molecule has 0 bridgehead atoms. The average Bonchev–Trinajstić information content (AvgIpc) is 2.97. The van der Waals surface area contributed by atoms with Crippen LogP contribution >= 0.6 is 23.1 Å². The van der Waals surface area contributed by atoms with Gasteiger partial charge in [0.1, 0.15) is 10.9 Å². The summed E-state index contributed by atoms with van der Waals surface area (Å²) in [6.07, 6.45) is 3.02. The van der Waals surface area contributed by atoms with Crippen LogP contribution in [0.15, 0.2) is 9.95 Å². The largest absolute Gasteiger partial charge is 0.355 e. The number of thiophene rings is 1. The lowest BCUT2D eigenvalue weighted by Crippen LogP contribution is -2.45. The topological polar surface area (TPSA) is 104 Å². The molecule has 0 unspecified atom stereocenters. The molecule has 27 heavy (non-hydrogen) atoms. The third-order valence-electron chi connectivity index (χ3n) is 4.61. The van der Waals surface area contributed by atoms with Crippen LogP contribution in [0, 0.1) is 5.92 Å². The van der Waals surface area contributed by atoms with Crippen LogP contribution in [0.25, 0.3) is 10.2 Å². The molecule has 2 heterocycles. The van der Waals surface area contributed by atoms with Gasteiger partial charge in [-0.2, -0.15) is 0 Å². The van der Waals surface area contributed by atoms with Crippen molar-refractivity contribution in [3.8, 4) is 0 Å². The second-order valence-electron chi connectivity index (χ2n) is 6.88. The molecule has 0 saturated heterocycles. The molecule has 3 N–H and O–H groups in total. The van der Waals surface area contributed by atoms with Gasteiger partial charge in [-0.25, -0.2) is 4.98 Å². The standard InChI is InChI=1S/C18H24N4O3S2/c1-4-19-15(24)10(3)20-13(23)8-26-18-21-16(25)14-11-6-5-9(2)7-12(11)27-17(14)22-18/h9-10H,4-8H2,1-3H3,(H,19,24)(H,20,23)(H,21,22,25)/t9-,10+/m1/s1. The summed E-state index contributed by atoms with van der Waals surface area (Å²) in [4.78, 5) is 45.6. The Kier molecular flexibility index (Phi) is 6.21. The van der Waals surface area contributed by atoms with Gasteiger partial charge in [0.15, 0.2) is 5.16 Å². The number of hydrogen-bond acceptors (Lipinski definition) is 6. The fourth-order valence-electron chi connectivity index (χ4n) is 3.21. The number of amides is 2. The number of aryl methyl sites for hydroxylation is 1. The van der Waals surface area contributed by atoms with E-state index in [0.717, 1.165) is 29.7 Å². The quantitative estimate of drug-likeness (QED) is 0.500. The summed E-state index contributed by atoms with van der Waals surface area (Å²) in [5.41, 5.74) is 1.01. The Morgan fingerprint density at radius 1 is 1.44 bits per heavy atom. The van der Waals surface area contributed by atoms with Gasteiger partial charge in [-0.05, 0) is 44.6 Å². The molecule has 2 amide bonds. The maximum absolute atomic E-state index is 12.5. The van der Waals surface area contributed by atoms with E-state index < -0.39 is 6.04 Å². The molecular formula is C18H24N4O3S2. The van der Waals surface area contributed by atoms with Crippen LogP contribution in [0.1, 0.15) is 37.6 Å². The van der Waals surface area contributed by atoms with E-state index in [1.54, 1.807) is 18.3 Å². The van der Waals surface area contributed by atoms with Gasteiger partial charge in [-0.15, -0.1) is 11.3 Å².